The molecule has 0 radical (unpaired) electrons. The Hall–Kier alpha value is -5.94. The van der Waals surface area contributed by atoms with Crippen molar-refractivity contribution in [2.24, 2.45) is 0 Å². The summed E-state index contributed by atoms with van der Waals surface area (Å²) >= 11 is 15.4. The van der Waals surface area contributed by atoms with Crippen LogP contribution in [0, 0.1) is 0 Å². The molecule has 0 atom stereocenters. The number of H-pyrrole nitrogens is 1. The van der Waals surface area contributed by atoms with Gasteiger partial charge in [-0.25, -0.2) is 19.5 Å². The van der Waals surface area contributed by atoms with E-state index < -0.39 is 0 Å². The lowest BCUT2D eigenvalue weighted by Crippen LogP contribution is -2.50. The van der Waals surface area contributed by atoms with E-state index in [1.54, 1.807) is 40.2 Å². The zero-order chi connectivity index (χ0) is 46.0. The Labute approximate surface area is 400 Å². The van der Waals surface area contributed by atoms with Gasteiger partial charge < -0.3 is 35.0 Å². The summed E-state index contributed by atoms with van der Waals surface area (Å²) in [4.78, 5) is 27.6. The highest BCUT2D eigenvalue weighted by atomic mass is 35.5. The van der Waals surface area contributed by atoms with Crippen LogP contribution in [0.5, 0.6) is 23.0 Å². The van der Waals surface area contributed by atoms with Crippen LogP contribution in [0.2, 0.25) is 10.0 Å². The predicted molar refractivity (Wildman–Crippen MR) is 260 cm³/mol. The summed E-state index contributed by atoms with van der Waals surface area (Å²) in [6, 6.07) is 27.8. The van der Waals surface area contributed by atoms with E-state index >= 15 is 0 Å². The van der Waals surface area contributed by atoms with Crippen LogP contribution in [0.4, 0.5) is 11.6 Å². The van der Waals surface area contributed by atoms with Crippen molar-refractivity contribution >= 4 is 80.7 Å². The molecule has 5 N–H and O–H groups in total. The number of aromatic nitrogens is 8. The third-order valence-electron chi connectivity index (χ3n) is 12.7. The van der Waals surface area contributed by atoms with Crippen molar-refractivity contribution < 1.29 is 23.5 Å². The third-order valence-corrected chi connectivity index (χ3v) is 15.3. The van der Waals surface area contributed by atoms with E-state index in [0.29, 0.717) is 17.2 Å². The van der Waals surface area contributed by atoms with Gasteiger partial charge in [-0.05, 0) is 121 Å². The summed E-state index contributed by atoms with van der Waals surface area (Å²) in [5, 5.41) is 3.17. The SMILES string of the molecule is COc1ccc(OC)c(Sc2[nH]c3c(N)ncnc3[n+]2CC2(c3ccc(Cl)cc3)CCC2)c1.COc1ccc(OC)c(Sc2nc3c(N)ncnc3n2CC2(c3ccc(Cl)cc3)CCC2)c1. The van der Waals surface area contributed by atoms with E-state index in [-0.39, 0.29) is 10.8 Å². The molecule has 0 bridgehead atoms. The molecule has 66 heavy (non-hydrogen) atoms. The van der Waals surface area contributed by atoms with Crippen LogP contribution in [0.1, 0.15) is 49.7 Å². The molecule has 4 aromatic carbocycles. The summed E-state index contributed by atoms with van der Waals surface area (Å²) in [7, 11) is 6.62. The van der Waals surface area contributed by atoms with Crippen molar-refractivity contribution in [2.45, 2.75) is 82.5 Å². The van der Waals surface area contributed by atoms with Crippen molar-refractivity contribution in [3.8, 4) is 23.0 Å². The Morgan fingerprint density at radius 3 is 1.76 bits per heavy atom. The second-order valence-corrected chi connectivity index (χ2v) is 19.3. The van der Waals surface area contributed by atoms with Gasteiger partial charge >= 0.3 is 5.65 Å². The topological polar surface area (TPSA) is 178 Å². The van der Waals surface area contributed by atoms with Crippen molar-refractivity contribution in [1.29, 1.82) is 0 Å². The molecule has 2 fully saturated rings. The minimum absolute atomic E-state index is 0.00823. The number of ether oxygens (including phenoxy) is 4. The number of anilines is 2. The molecule has 18 heteroatoms. The summed E-state index contributed by atoms with van der Waals surface area (Å²) in [6.07, 6.45) is 9.74. The molecule has 0 unspecified atom stereocenters. The van der Waals surface area contributed by atoms with Gasteiger partial charge in [-0.2, -0.15) is 4.98 Å². The summed E-state index contributed by atoms with van der Waals surface area (Å²) in [5.41, 5.74) is 17.8. The molecule has 10 rings (SSSR count). The number of rotatable bonds is 14. The lowest BCUT2D eigenvalue weighted by Gasteiger charge is -2.43. The molecule has 4 aromatic heterocycles. The summed E-state index contributed by atoms with van der Waals surface area (Å²) in [5.74, 6) is 3.81. The number of halogens is 2. The van der Waals surface area contributed by atoms with Crippen molar-refractivity contribution in [1.82, 2.24) is 34.5 Å². The number of fused-ring (bicyclic) bond motifs is 2. The van der Waals surface area contributed by atoms with Gasteiger partial charge in [-0.1, -0.05) is 65.3 Å². The maximum atomic E-state index is 6.21. The maximum absolute atomic E-state index is 6.21. The molecule has 14 nitrogen and oxygen atoms in total. The molecule has 0 spiro atoms. The van der Waals surface area contributed by atoms with Crippen LogP contribution in [0.15, 0.2) is 118 Å². The number of imidazole rings is 2. The number of benzene rings is 4. The van der Waals surface area contributed by atoms with E-state index in [2.05, 4.69) is 58.3 Å². The molecule has 0 saturated heterocycles. The molecular formula is C48H49Cl2N10O4S2+. The van der Waals surface area contributed by atoms with Gasteiger partial charge in [-0.3, -0.25) is 4.98 Å². The van der Waals surface area contributed by atoms with E-state index in [0.717, 1.165) is 109 Å². The number of hydrogen-bond acceptors (Lipinski definition) is 13. The Kier molecular flexibility index (Phi) is 13.1. The highest BCUT2D eigenvalue weighted by molar-refractivity contribution is 7.99. The predicted octanol–water partition coefficient (Wildman–Crippen LogP) is 10.1. The van der Waals surface area contributed by atoms with Gasteiger partial charge in [0.05, 0.1) is 44.8 Å². The van der Waals surface area contributed by atoms with Crippen LogP contribution in [-0.4, -0.2) is 62.9 Å². The molecule has 2 aliphatic carbocycles. The van der Waals surface area contributed by atoms with Crippen LogP contribution in [0.25, 0.3) is 22.3 Å². The molecule has 340 valence electrons. The number of aromatic amines is 1. The second kappa shape index (κ2) is 19.1. The van der Waals surface area contributed by atoms with Crippen LogP contribution >= 0.6 is 46.7 Å². The highest BCUT2D eigenvalue weighted by Gasteiger charge is 2.43. The number of hydrogen-bond donors (Lipinski definition) is 3. The minimum Gasteiger partial charge on any atom is -0.497 e. The largest absolute Gasteiger partial charge is 0.497 e. The minimum atomic E-state index is -0.00823. The van der Waals surface area contributed by atoms with Crippen molar-refractivity contribution in [3.05, 3.63) is 119 Å². The molecule has 2 saturated carbocycles. The average molecular weight is 965 g/mol. The first-order valence-corrected chi connectivity index (χ1v) is 23.8. The Bertz CT molecular complexity index is 2810. The fraction of sp³-hybridized carbons (Fsp3) is 0.292. The van der Waals surface area contributed by atoms with Gasteiger partial charge in [0.1, 0.15) is 29.3 Å². The lowest BCUT2D eigenvalue weighted by molar-refractivity contribution is -0.720. The normalized spacial score (nSPS) is 14.8. The number of nitrogens with one attached hydrogen (secondary N) is 1. The van der Waals surface area contributed by atoms with Crippen molar-refractivity contribution in [2.75, 3.05) is 39.9 Å². The fourth-order valence-corrected chi connectivity index (χ4v) is 11.1. The Morgan fingerprint density at radius 1 is 0.667 bits per heavy atom. The lowest BCUT2D eigenvalue weighted by atomic mass is 9.64. The standard InChI is InChI=1S/2C24H24ClN5O2S/c2*1-31-17-8-9-18(32-2)19(12-17)33-23-29-20-21(26)27-14-28-22(20)30(23)13-24(10-3-11-24)15-4-6-16(25)7-5-15/h2*4-9,12,14H,3,10-11,13H2,1-2H3,(H2,26,27,28)/p+1. The fourth-order valence-electron chi connectivity index (χ4n) is 8.79. The van der Waals surface area contributed by atoms with Gasteiger partial charge in [0.2, 0.25) is 5.52 Å². The number of nitrogens with zero attached hydrogens (tertiary/aromatic N) is 7. The van der Waals surface area contributed by atoms with E-state index in [9.17, 15) is 0 Å². The number of nitrogen functional groups attached to an aromatic ring is 2. The first kappa shape index (κ1) is 45.2. The second-order valence-electron chi connectivity index (χ2n) is 16.4. The first-order valence-electron chi connectivity index (χ1n) is 21.4. The monoisotopic (exact) mass is 963 g/mol. The van der Waals surface area contributed by atoms with Crippen molar-refractivity contribution in [3.63, 3.8) is 0 Å². The third kappa shape index (κ3) is 8.86. The average Bonchev–Trinajstić information content (AvgIpc) is 3.84. The van der Waals surface area contributed by atoms with Gasteiger partial charge in [-0.15, -0.1) is 0 Å². The highest BCUT2D eigenvalue weighted by Crippen LogP contribution is 2.48. The van der Waals surface area contributed by atoms with Crippen LogP contribution < -0.4 is 35.0 Å². The molecule has 0 aliphatic heterocycles. The van der Waals surface area contributed by atoms with E-state index in [1.165, 1.54) is 48.4 Å². The summed E-state index contributed by atoms with van der Waals surface area (Å²) < 4.78 is 26.4. The quantitative estimate of drug-likeness (QED) is 0.0878. The van der Waals surface area contributed by atoms with Gasteiger partial charge in [0, 0.05) is 27.4 Å². The molecule has 2 aliphatic rings. The number of methoxy groups -OCH3 is 4. The summed E-state index contributed by atoms with van der Waals surface area (Å²) in [6.45, 7) is 1.50. The van der Waals surface area contributed by atoms with E-state index in [1.807, 2.05) is 60.7 Å². The zero-order valence-electron chi connectivity index (χ0n) is 36.9. The Morgan fingerprint density at radius 2 is 1.21 bits per heavy atom. The molecule has 4 heterocycles. The van der Waals surface area contributed by atoms with Gasteiger partial charge in [0.15, 0.2) is 34.3 Å². The molecular weight excluding hydrogens is 916 g/mol. The molecule has 8 aromatic rings. The van der Waals surface area contributed by atoms with E-state index in [4.69, 9.17) is 58.6 Å². The smallest absolute Gasteiger partial charge is 0.308 e. The first-order chi connectivity index (χ1) is 32.1. The van der Waals surface area contributed by atoms with Gasteiger partial charge in [0.25, 0.3) is 5.16 Å². The van der Waals surface area contributed by atoms with Crippen LogP contribution in [-0.2, 0) is 23.9 Å². The Balaban J connectivity index is 0.000000166. The zero-order valence-corrected chi connectivity index (χ0v) is 40.0. The molecule has 0 amide bonds. The van der Waals surface area contributed by atoms with Crippen LogP contribution in [0.3, 0.4) is 0 Å². The maximum Gasteiger partial charge on any atom is 0.308 e. The number of nitrogens with two attached hydrogens (primary N) is 2.